The van der Waals surface area contributed by atoms with Gasteiger partial charge in [0, 0.05) is 17.8 Å². The molecule has 0 bridgehead atoms. The molecule has 3 rings (SSSR count). The topological polar surface area (TPSA) is 46.6 Å². The molecule has 0 N–H and O–H groups in total. The molecule has 0 spiro atoms. The Morgan fingerprint density at radius 2 is 1.82 bits per heavy atom. The van der Waals surface area contributed by atoms with E-state index in [-0.39, 0.29) is 11.9 Å². The minimum atomic E-state index is -0.352. The van der Waals surface area contributed by atoms with Crippen molar-refractivity contribution in [2.45, 2.75) is 12.8 Å². The Morgan fingerprint density at radius 1 is 1.05 bits per heavy atom. The first-order valence-electron chi connectivity index (χ1n) is 7.29. The highest BCUT2D eigenvalue weighted by atomic mass is 16.5. The van der Waals surface area contributed by atoms with Gasteiger partial charge in [-0.05, 0) is 48.7 Å². The van der Waals surface area contributed by atoms with Crippen molar-refractivity contribution in [1.82, 2.24) is 0 Å². The maximum absolute atomic E-state index is 12.7. The van der Waals surface area contributed by atoms with Gasteiger partial charge in [-0.1, -0.05) is 18.2 Å². The minimum absolute atomic E-state index is 0.00707. The molecular weight excluding hydrogens is 278 g/mol. The van der Waals surface area contributed by atoms with Gasteiger partial charge in [-0.25, -0.2) is 4.79 Å². The third kappa shape index (κ3) is 2.60. The normalized spacial score (nSPS) is 13.4. The van der Waals surface area contributed by atoms with Crippen molar-refractivity contribution in [3.63, 3.8) is 0 Å². The molecule has 4 nitrogen and oxygen atoms in total. The van der Waals surface area contributed by atoms with Crippen LogP contribution in [0.4, 0.5) is 5.69 Å². The fourth-order valence-corrected chi connectivity index (χ4v) is 2.79. The smallest absolute Gasteiger partial charge is 0.337 e. The second kappa shape index (κ2) is 6.02. The number of amides is 1. The lowest BCUT2D eigenvalue weighted by molar-refractivity contribution is 0.0600. The number of ether oxygens (including phenoxy) is 1. The number of anilines is 1. The van der Waals surface area contributed by atoms with Gasteiger partial charge in [0.1, 0.15) is 0 Å². The Bertz CT molecular complexity index is 710. The Hall–Kier alpha value is -2.62. The van der Waals surface area contributed by atoms with Crippen molar-refractivity contribution in [3.8, 4) is 0 Å². The van der Waals surface area contributed by atoms with Gasteiger partial charge in [-0.2, -0.15) is 0 Å². The zero-order chi connectivity index (χ0) is 15.5. The molecule has 1 heterocycles. The van der Waals surface area contributed by atoms with E-state index in [1.165, 1.54) is 7.11 Å². The third-order valence-corrected chi connectivity index (χ3v) is 3.89. The predicted octanol–water partition coefficient (Wildman–Crippen LogP) is 3.07. The zero-order valence-electron chi connectivity index (χ0n) is 12.4. The molecule has 1 amide bonds. The summed E-state index contributed by atoms with van der Waals surface area (Å²) in [7, 11) is 1.37. The van der Waals surface area contributed by atoms with Crippen LogP contribution in [0.2, 0.25) is 0 Å². The molecule has 22 heavy (non-hydrogen) atoms. The van der Waals surface area contributed by atoms with E-state index >= 15 is 0 Å². The molecular formula is C18H17NO3. The summed E-state index contributed by atoms with van der Waals surface area (Å²) in [5.41, 5.74) is 3.09. The fraction of sp³-hybridized carbons (Fsp3) is 0.222. The fourth-order valence-electron chi connectivity index (χ4n) is 2.79. The summed E-state index contributed by atoms with van der Waals surface area (Å²) < 4.78 is 4.75. The Morgan fingerprint density at radius 3 is 2.55 bits per heavy atom. The van der Waals surface area contributed by atoms with Gasteiger partial charge < -0.3 is 9.64 Å². The van der Waals surface area contributed by atoms with Crippen LogP contribution in [0.1, 0.15) is 32.7 Å². The van der Waals surface area contributed by atoms with Crippen molar-refractivity contribution >= 4 is 17.6 Å². The zero-order valence-corrected chi connectivity index (χ0v) is 12.4. The Balaban J connectivity index is 1.95. The quantitative estimate of drug-likeness (QED) is 0.800. The molecule has 2 aromatic rings. The van der Waals surface area contributed by atoms with Crippen molar-refractivity contribution in [3.05, 3.63) is 65.2 Å². The van der Waals surface area contributed by atoms with Gasteiger partial charge in [0.05, 0.1) is 12.7 Å². The number of hydrogen-bond donors (Lipinski definition) is 0. The highest BCUT2D eigenvalue weighted by Gasteiger charge is 2.24. The highest BCUT2D eigenvalue weighted by molar-refractivity contribution is 6.07. The van der Waals surface area contributed by atoms with E-state index in [9.17, 15) is 9.59 Å². The van der Waals surface area contributed by atoms with Crippen LogP contribution in [-0.2, 0) is 11.2 Å². The average Bonchev–Trinajstić information content (AvgIpc) is 2.60. The second-order valence-corrected chi connectivity index (χ2v) is 5.26. The number of benzene rings is 2. The summed E-state index contributed by atoms with van der Waals surface area (Å²) in [6.45, 7) is 0.693. The molecule has 0 radical (unpaired) electrons. The first-order chi connectivity index (χ1) is 10.7. The van der Waals surface area contributed by atoms with Crippen molar-refractivity contribution in [2.24, 2.45) is 0 Å². The van der Waals surface area contributed by atoms with Crippen molar-refractivity contribution in [1.29, 1.82) is 0 Å². The SMILES string of the molecule is COC(=O)c1ccc2c(c1)CCCN2C(=O)c1ccccc1. The highest BCUT2D eigenvalue weighted by Crippen LogP contribution is 2.29. The van der Waals surface area contributed by atoms with E-state index in [2.05, 4.69) is 0 Å². The largest absolute Gasteiger partial charge is 0.465 e. The number of rotatable bonds is 2. The number of carbonyl (C=O) groups is 2. The van der Waals surface area contributed by atoms with Gasteiger partial charge in [-0.3, -0.25) is 4.79 Å². The maximum Gasteiger partial charge on any atom is 0.337 e. The molecule has 0 atom stereocenters. The van der Waals surface area contributed by atoms with Gasteiger partial charge >= 0.3 is 5.97 Å². The molecule has 0 fully saturated rings. The molecule has 0 unspecified atom stereocenters. The van der Waals surface area contributed by atoms with Crippen LogP contribution >= 0.6 is 0 Å². The number of nitrogens with zero attached hydrogens (tertiary/aromatic N) is 1. The van der Waals surface area contributed by atoms with E-state index in [4.69, 9.17) is 4.74 Å². The summed E-state index contributed by atoms with van der Waals surface area (Å²) in [4.78, 5) is 26.1. The maximum atomic E-state index is 12.7. The number of esters is 1. The van der Waals surface area contributed by atoms with Crippen LogP contribution < -0.4 is 4.90 Å². The van der Waals surface area contributed by atoms with Crippen LogP contribution in [0.3, 0.4) is 0 Å². The van der Waals surface area contributed by atoms with Crippen LogP contribution in [-0.4, -0.2) is 25.5 Å². The lowest BCUT2D eigenvalue weighted by Crippen LogP contribution is -2.35. The third-order valence-electron chi connectivity index (χ3n) is 3.89. The standard InChI is InChI=1S/C18H17NO3/c1-22-18(21)15-9-10-16-14(12-15)8-5-11-19(16)17(20)13-6-3-2-4-7-13/h2-4,6-7,9-10,12H,5,8,11H2,1H3. The first kappa shape index (κ1) is 14.3. The average molecular weight is 295 g/mol. The minimum Gasteiger partial charge on any atom is -0.465 e. The molecule has 1 aliphatic heterocycles. The molecule has 2 aromatic carbocycles. The molecule has 0 aliphatic carbocycles. The molecule has 112 valence electrons. The molecule has 0 saturated heterocycles. The lowest BCUT2D eigenvalue weighted by atomic mass is 9.98. The summed E-state index contributed by atoms with van der Waals surface area (Å²) in [6.07, 6.45) is 1.74. The van der Waals surface area contributed by atoms with Gasteiger partial charge in [0.25, 0.3) is 5.91 Å². The van der Waals surface area contributed by atoms with E-state index in [0.717, 1.165) is 24.1 Å². The number of aryl methyl sites for hydroxylation is 1. The summed E-state index contributed by atoms with van der Waals surface area (Å²) in [5.74, 6) is -0.360. The van der Waals surface area contributed by atoms with Gasteiger partial charge in [-0.15, -0.1) is 0 Å². The number of methoxy groups -OCH3 is 1. The number of hydrogen-bond acceptors (Lipinski definition) is 3. The van der Waals surface area contributed by atoms with Crippen molar-refractivity contribution < 1.29 is 14.3 Å². The van der Waals surface area contributed by atoms with E-state index in [1.807, 2.05) is 42.5 Å². The predicted molar refractivity (Wildman–Crippen MR) is 84.2 cm³/mol. The monoisotopic (exact) mass is 295 g/mol. The van der Waals surface area contributed by atoms with Crippen LogP contribution in [0, 0.1) is 0 Å². The Labute approximate surface area is 129 Å². The molecule has 0 saturated carbocycles. The van der Waals surface area contributed by atoms with E-state index in [0.29, 0.717) is 17.7 Å². The second-order valence-electron chi connectivity index (χ2n) is 5.26. The summed E-state index contributed by atoms with van der Waals surface area (Å²) in [5, 5.41) is 0. The number of fused-ring (bicyclic) bond motifs is 1. The summed E-state index contributed by atoms with van der Waals surface area (Å²) >= 11 is 0. The molecule has 4 heteroatoms. The van der Waals surface area contributed by atoms with E-state index in [1.54, 1.807) is 11.0 Å². The number of carbonyl (C=O) groups excluding carboxylic acids is 2. The molecule has 1 aliphatic rings. The van der Waals surface area contributed by atoms with Crippen molar-refractivity contribution in [2.75, 3.05) is 18.6 Å². The van der Waals surface area contributed by atoms with E-state index < -0.39 is 0 Å². The van der Waals surface area contributed by atoms with Crippen LogP contribution in [0.15, 0.2) is 48.5 Å². The van der Waals surface area contributed by atoms with Gasteiger partial charge in [0.15, 0.2) is 0 Å². The van der Waals surface area contributed by atoms with Crippen LogP contribution in [0.5, 0.6) is 0 Å². The lowest BCUT2D eigenvalue weighted by Gasteiger charge is -2.30. The first-order valence-corrected chi connectivity index (χ1v) is 7.29. The summed E-state index contributed by atoms with van der Waals surface area (Å²) in [6, 6.07) is 14.6. The van der Waals surface area contributed by atoms with Crippen LogP contribution in [0.25, 0.3) is 0 Å². The van der Waals surface area contributed by atoms with Gasteiger partial charge in [0.2, 0.25) is 0 Å². The molecule has 0 aromatic heterocycles. The Kier molecular flexibility index (Phi) is 3.92.